The average molecular weight is 453 g/mol. The van der Waals surface area contributed by atoms with Gasteiger partial charge in [-0.1, -0.05) is 6.58 Å². The lowest BCUT2D eigenvalue weighted by Crippen LogP contribution is -2.54. The van der Waals surface area contributed by atoms with Gasteiger partial charge in [-0.05, 0) is 45.4 Å². The average Bonchev–Trinajstić information content (AvgIpc) is 2.68. The second-order valence-electron chi connectivity index (χ2n) is 8.84. The maximum absolute atomic E-state index is 13.4. The van der Waals surface area contributed by atoms with Gasteiger partial charge in [0.05, 0.1) is 44.4 Å². The van der Waals surface area contributed by atoms with Gasteiger partial charge in [0, 0.05) is 6.72 Å². The third-order valence-electron chi connectivity index (χ3n) is 5.50. The molecule has 0 aromatic heterocycles. The number of benzene rings is 1. The van der Waals surface area contributed by atoms with Crippen molar-refractivity contribution >= 4 is 30.2 Å². The third kappa shape index (κ3) is 4.31. The molecule has 2 aliphatic rings. The van der Waals surface area contributed by atoms with Crippen LogP contribution in [0.25, 0.3) is 5.70 Å². The number of halogens is 3. The summed E-state index contributed by atoms with van der Waals surface area (Å²) >= 11 is 0. The molecule has 1 fully saturated rings. The summed E-state index contributed by atoms with van der Waals surface area (Å²) in [5.74, 6) is 0.625. The quantitative estimate of drug-likeness (QED) is 0.478. The van der Waals surface area contributed by atoms with Crippen molar-refractivity contribution in [2.45, 2.75) is 39.5 Å². The van der Waals surface area contributed by atoms with E-state index in [9.17, 15) is 18.0 Å². The van der Waals surface area contributed by atoms with E-state index in [1.54, 1.807) is 16.8 Å². The van der Waals surface area contributed by atoms with Crippen LogP contribution in [0.2, 0.25) is 0 Å². The van der Waals surface area contributed by atoms with Crippen molar-refractivity contribution in [1.29, 1.82) is 0 Å². The van der Waals surface area contributed by atoms with Gasteiger partial charge in [-0.25, -0.2) is 9.69 Å². The highest BCUT2D eigenvalue weighted by molar-refractivity contribution is 6.05. The van der Waals surface area contributed by atoms with Crippen LogP contribution in [0.15, 0.2) is 23.8 Å². The maximum Gasteiger partial charge on any atom is 0.416 e. The Balaban J connectivity index is 1.96. The Morgan fingerprint density at radius 2 is 1.78 bits per heavy atom. The zero-order valence-electron chi connectivity index (χ0n) is 19.1. The van der Waals surface area contributed by atoms with Crippen LogP contribution >= 0.6 is 0 Å². The first-order valence-corrected chi connectivity index (χ1v) is 10.3. The number of anilines is 1. The number of hydrogen-bond donors (Lipinski definition) is 0. The van der Waals surface area contributed by atoms with Crippen LogP contribution in [0.5, 0.6) is 0 Å². The summed E-state index contributed by atoms with van der Waals surface area (Å²) in [6.07, 6.45) is -4.84. The van der Waals surface area contributed by atoms with Crippen molar-refractivity contribution in [2.24, 2.45) is 5.10 Å². The molecule has 0 atom stereocenters. The van der Waals surface area contributed by atoms with Gasteiger partial charge in [-0.2, -0.15) is 13.2 Å². The Labute approximate surface area is 186 Å². The largest absolute Gasteiger partial charge is 0.444 e. The molecule has 174 valence electrons. The topological polar surface area (TPSA) is 51.4 Å². The number of ether oxygens (including phenoxy) is 1. The van der Waals surface area contributed by atoms with E-state index in [1.807, 2.05) is 25.3 Å². The number of fused-ring (bicyclic) bond motifs is 1. The zero-order valence-corrected chi connectivity index (χ0v) is 19.1. The van der Waals surface area contributed by atoms with Gasteiger partial charge in [0.1, 0.15) is 17.0 Å². The number of guanidine groups is 1. The van der Waals surface area contributed by atoms with E-state index in [1.165, 1.54) is 18.0 Å². The molecule has 1 amide bonds. The van der Waals surface area contributed by atoms with Crippen molar-refractivity contribution < 1.29 is 27.3 Å². The van der Waals surface area contributed by atoms with Crippen molar-refractivity contribution in [3.05, 3.63) is 35.4 Å². The molecule has 0 unspecified atom stereocenters. The number of carbonyl (C=O) groups excluding carboxylic acids is 1. The maximum atomic E-state index is 13.4. The van der Waals surface area contributed by atoms with E-state index < -0.39 is 17.3 Å². The Kier molecular flexibility index (Phi) is 6.01. The number of alkyl halides is 3. The molecular formula is C22H29F3N5O2+. The van der Waals surface area contributed by atoms with E-state index >= 15 is 0 Å². The molecule has 32 heavy (non-hydrogen) atoms. The van der Waals surface area contributed by atoms with E-state index in [-0.39, 0.29) is 11.7 Å². The number of rotatable bonds is 1. The highest BCUT2D eigenvalue weighted by atomic mass is 19.4. The van der Waals surface area contributed by atoms with Crippen LogP contribution in [0.4, 0.5) is 23.7 Å². The van der Waals surface area contributed by atoms with E-state index in [0.29, 0.717) is 49.1 Å². The highest BCUT2D eigenvalue weighted by Crippen LogP contribution is 2.42. The van der Waals surface area contributed by atoms with Crippen LogP contribution < -0.4 is 4.90 Å². The van der Waals surface area contributed by atoms with E-state index in [4.69, 9.17) is 4.74 Å². The molecule has 1 aromatic carbocycles. The van der Waals surface area contributed by atoms with E-state index in [2.05, 4.69) is 18.4 Å². The lowest BCUT2D eigenvalue weighted by molar-refractivity contribution is -0.543. The van der Waals surface area contributed by atoms with Gasteiger partial charge < -0.3 is 9.64 Å². The summed E-state index contributed by atoms with van der Waals surface area (Å²) in [5, 5.41) is 5.50. The minimum atomic E-state index is -4.47. The minimum absolute atomic E-state index is 0.0919. The number of hydrogen-bond acceptors (Lipinski definition) is 3. The molecule has 10 heteroatoms. The second-order valence-corrected chi connectivity index (χ2v) is 8.84. The van der Waals surface area contributed by atoms with Gasteiger partial charge in [0.25, 0.3) is 0 Å². The Bertz CT molecular complexity index is 985. The van der Waals surface area contributed by atoms with Gasteiger partial charge in [-0.15, -0.1) is 10.1 Å². The summed E-state index contributed by atoms with van der Waals surface area (Å²) in [6.45, 7) is 16.4. The van der Waals surface area contributed by atoms with E-state index in [0.717, 1.165) is 6.07 Å². The molecule has 3 rings (SSSR count). The lowest BCUT2D eigenvalue weighted by Gasteiger charge is -2.36. The molecule has 0 spiro atoms. The second kappa shape index (κ2) is 8.14. The Morgan fingerprint density at radius 3 is 2.28 bits per heavy atom. The third-order valence-corrected chi connectivity index (χ3v) is 5.50. The molecule has 0 saturated carbocycles. The van der Waals surface area contributed by atoms with Gasteiger partial charge in [0.2, 0.25) is 0 Å². The standard InChI is InChI=1S/C22H29F3N5O2/c1-14-16(22(23,24)25)8-9-17-18(14)15(2)30(26-6)19(27(17)7)28-10-12-29(13-11-28)20(31)32-21(3,4)5/h8-9H,2,6,10-13H2,1,3-5,7H3/q+1. The lowest BCUT2D eigenvalue weighted by atomic mass is 9.95. The molecule has 2 aliphatic heterocycles. The fourth-order valence-corrected chi connectivity index (χ4v) is 4.03. The monoisotopic (exact) mass is 452 g/mol. The predicted molar refractivity (Wildman–Crippen MR) is 118 cm³/mol. The van der Waals surface area contributed by atoms with Crippen LogP contribution in [0.1, 0.15) is 37.5 Å². The number of nitrogens with zero attached hydrogens (tertiary/aromatic N) is 5. The molecule has 0 N–H and O–H groups in total. The molecule has 1 saturated heterocycles. The van der Waals surface area contributed by atoms with Crippen molar-refractivity contribution in [2.75, 3.05) is 38.1 Å². The molecule has 0 radical (unpaired) electrons. The fourth-order valence-electron chi connectivity index (χ4n) is 4.03. The zero-order chi connectivity index (χ0) is 24.0. The number of hydrazone groups is 1. The normalized spacial score (nSPS) is 17.5. The predicted octanol–water partition coefficient (Wildman–Crippen LogP) is 3.97. The molecular weight excluding hydrogens is 423 g/mol. The SMILES string of the molecule is C=NN1C(=C)c2c(ccc(C(F)(F)F)c2C)N(C)C1=[N+]1CCN(C(=O)OC(C)(C)C)CC1. The first-order chi connectivity index (χ1) is 14.8. The first-order valence-electron chi connectivity index (χ1n) is 10.3. The van der Waals surface area contributed by atoms with Crippen molar-refractivity contribution in [3.63, 3.8) is 0 Å². The summed E-state index contributed by atoms with van der Waals surface area (Å²) in [6, 6.07) is 2.54. The van der Waals surface area contributed by atoms with Crippen LogP contribution in [0.3, 0.4) is 0 Å². The number of carbonyl (C=O) groups is 1. The van der Waals surface area contributed by atoms with Crippen LogP contribution in [-0.2, 0) is 10.9 Å². The minimum Gasteiger partial charge on any atom is -0.444 e. The molecule has 0 bridgehead atoms. The van der Waals surface area contributed by atoms with Gasteiger partial charge in [-0.3, -0.25) is 4.58 Å². The summed E-state index contributed by atoms with van der Waals surface area (Å²) in [5.41, 5.74) is 0.112. The van der Waals surface area contributed by atoms with Crippen molar-refractivity contribution in [1.82, 2.24) is 9.91 Å². The van der Waals surface area contributed by atoms with Crippen LogP contribution in [-0.4, -0.2) is 72.1 Å². The smallest absolute Gasteiger partial charge is 0.416 e. The van der Waals surface area contributed by atoms with Crippen molar-refractivity contribution in [3.8, 4) is 0 Å². The summed E-state index contributed by atoms with van der Waals surface area (Å²) in [4.78, 5) is 15.8. The van der Waals surface area contributed by atoms with Gasteiger partial charge >= 0.3 is 18.2 Å². The molecule has 7 nitrogen and oxygen atoms in total. The Morgan fingerprint density at radius 1 is 1.19 bits per heavy atom. The Hall–Kier alpha value is -3.04. The summed E-state index contributed by atoms with van der Waals surface area (Å²) in [7, 11) is 1.77. The fraction of sp³-hybridized carbons (Fsp3) is 0.500. The molecule has 1 aromatic rings. The summed E-state index contributed by atoms with van der Waals surface area (Å²) < 4.78 is 47.8. The highest BCUT2D eigenvalue weighted by Gasteiger charge is 2.43. The number of amides is 1. The van der Waals surface area contributed by atoms with Gasteiger partial charge in [0.15, 0.2) is 0 Å². The number of piperazine rings is 1. The first kappa shape index (κ1) is 23.6. The molecule has 0 aliphatic carbocycles. The van der Waals surface area contributed by atoms with Crippen LogP contribution in [0, 0.1) is 6.92 Å². The molecule has 2 heterocycles.